The van der Waals surface area contributed by atoms with Gasteiger partial charge in [0, 0.05) is 18.3 Å². The van der Waals surface area contributed by atoms with Gasteiger partial charge in [0.05, 0.1) is 11.6 Å². The summed E-state index contributed by atoms with van der Waals surface area (Å²) in [6.07, 6.45) is 1.46. The average Bonchev–Trinajstić information content (AvgIpc) is 2.98. The summed E-state index contributed by atoms with van der Waals surface area (Å²) >= 11 is 1.47. The zero-order valence-electron chi connectivity index (χ0n) is 12.7. The first kappa shape index (κ1) is 16.5. The SMILES string of the molecule is Cc1ccc(OCCCNC(=O)c2csc(CCN)n2)cc1. The highest BCUT2D eigenvalue weighted by molar-refractivity contribution is 7.09. The molecule has 0 aliphatic heterocycles. The van der Waals surface area contributed by atoms with Crippen molar-refractivity contribution in [2.24, 2.45) is 5.73 Å². The molecule has 0 atom stereocenters. The summed E-state index contributed by atoms with van der Waals surface area (Å²) in [6.45, 7) is 3.72. The number of carbonyl (C=O) groups excluding carboxylic acids is 1. The number of nitrogens with one attached hydrogen (secondary N) is 1. The van der Waals surface area contributed by atoms with E-state index in [4.69, 9.17) is 10.5 Å². The van der Waals surface area contributed by atoms with Crippen molar-refractivity contribution in [3.8, 4) is 5.75 Å². The van der Waals surface area contributed by atoms with Gasteiger partial charge in [-0.3, -0.25) is 4.79 Å². The van der Waals surface area contributed by atoms with Crippen molar-refractivity contribution in [2.45, 2.75) is 19.8 Å². The lowest BCUT2D eigenvalue weighted by Gasteiger charge is -2.07. The van der Waals surface area contributed by atoms with E-state index in [0.29, 0.717) is 31.8 Å². The predicted molar refractivity (Wildman–Crippen MR) is 88.5 cm³/mol. The van der Waals surface area contributed by atoms with E-state index >= 15 is 0 Å². The Bertz CT molecular complexity index is 596. The summed E-state index contributed by atoms with van der Waals surface area (Å²) in [5, 5.41) is 5.51. The Morgan fingerprint density at radius 1 is 1.36 bits per heavy atom. The van der Waals surface area contributed by atoms with Gasteiger partial charge in [0.15, 0.2) is 0 Å². The fraction of sp³-hybridized carbons (Fsp3) is 0.375. The van der Waals surface area contributed by atoms with E-state index in [2.05, 4.69) is 10.3 Å². The number of ether oxygens (including phenoxy) is 1. The van der Waals surface area contributed by atoms with Crippen molar-refractivity contribution in [3.63, 3.8) is 0 Å². The predicted octanol–water partition coefficient (Wildman–Crippen LogP) is 2.15. The van der Waals surface area contributed by atoms with E-state index in [9.17, 15) is 4.79 Å². The van der Waals surface area contributed by atoms with Crippen LogP contribution in [0, 0.1) is 6.92 Å². The van der Waals surface area contributed by atoms with Gasteiger partial charge in [-0.25, -0.2) is 4.98 Å². The molecule has 1 aromatic carbocycles. The van der Waals surface area contributed by atoms with Gasteiger partial charge in [0.25, 0.3) is 5.91 Å². The Labute approximate surface area is 134 Å². The van der Waals surface area contributed by atoms with Crippen LogP contribution in [0.1, 0.15) is 27.5 Å². The van der Waals surface area contributed by atoms with Gasteiger partial charge >= 0.3 is 0 Å². The molecule has 0 radical (unpaired) electrons. The Kier molecular flexibility index (Phi) is 6.36. The molecule has 5 nitrogen and oxygen atoms in total. The Morgan fingerprint density at radius 3 is 2.86 bits per heavy atom. The van der Waals surface area contributed by atoms with E-state index in [1.165, 1.54) is 16.9 Å². The van der Waals surface area contributed by atoms with Crippen LogP contribution in [0.15, 0.2) is 29.6 Å². The third-order valence-corrected chi connectivity index (χ3v) is 3.95. The van der Waals surface area contributed by atoms with Crippen molar-refractivity contribution < 1.29 is 9.53 Å². The molecule has 0 fully saturated rings. The lowest BCUT2D eigenvalue weighted by Crippen LogP contribution is -2.25. The normalized spacial score (nSPS) is 10.5. The molecule has 2 rings (SSSR count). The van der Waals surface area contributed by atoms with Crippen molar-refractivity contribution in [1.82, 2.24) is 10.3 Å². The van der Waals surface area contributed by atoms with E-state index in [0.717, 1.165) is 17.2 Å². The molecule has 0 saturated heterocycles. The second-order valence-corrected chi connectivity index (χ2v) is 5.88. The van der Waals surface area contributed by atoms with Crippen LogP contribution >= 0.6 is 11.3 Å². The summed E-state index contributed by atoms with van der Waals surface area (Å²) in [7, 11) is 0. The molecule has 0 saturated carbocycles. The minimum Gasteiger partial charge on any atom is -0.494 e. The molecular weight excluding hydrogens is 298 g/mol. The van der Waals surface area contributed by atoms with Crippen LogP contribution in [-0.4, -0.2) is 30.6 Å². The van der Waals surface area contributed by atoms with Crippen LogP contribution in [0.3, 0.4) is 0 Å². The zero-order valence-corrected chi connectivity index (χ0v) is 13.5. The first-order valence-electron chi connectivity index (χ1n) is 7.31. The molecule has 6 heteroatoms. The summed E-state index contributed by atoms with van der Waals surface area (Å²) < 4.78 is 5.61. The minimum atomic E-state index is -0.144. The van der Waals surface area contributed by atoms with Gasteiger partial charge in [-0.15, -0.1) is 11.3 Å². The highest BCUT2D eigenvalue weighted by Crippen LogP contribution is 2.11. The average molecular weight is 319 g/mol. The summed E-state index contributed by atoms with van der Waals surface area (Å²) in [5.74, 6) is 0.706. The number of aryl methyl sites for hydroxylation is 1. The molecule has 2 aromatic rings. The number of amides is 1. The number of rotatable bonds is 8. The molecule has 3 N–H and O–H groups in total. The van der Waals surface area contributed by atoms with Crippen LogP contribution in [-0.2, 0) is 6.42 Å². The molecule has 0 aliphatic carbocycles. The first-order valence-corrected chi connectivity index (χ1v) is 8.19. The number of hydrogen-bond donors (Lipinski definition) is 2. The fourth-order valence-electron chi connectivity index (χ4n) is 1.84. The van der Waals surface area contributed by atoms with E-state index < -0.39 is 0 Å². The highest BCUT2D eigenvalue weighted by Gasteiger charge is 2.09. The molecule has 0 unspecified atom stereocenters. The second kappa shape index (κ2) is 8.51. The summed E-state index contributed by atoms with van der Waals surface area (Å²) in [6, 6.07) is 7.92. The number of benzene rings is 1. The molecule has 1 aromatic heterocycles. The number of thiazole rings is 1. The largest absolute Gasteiger partial charge is 0.494 e. The first-order chi connectivity index (χ1) is 10.7. The zero-order chi connectivity index (χ0) is 15.8. The van der Waals surface area contributed by atoms with Gasteiger partial charge in [0.2, 0.25) is 0 Å². The topological polar surface area (TPSA) is 77.2 Å². The van der Waals surface area contributed by atoms with Gasteiger partial charge in [-0.2, -0.15) is 0 Å². The summed E-state index contributed by atoms with van der Waals surface area (Å²) in [5.41, 5.74) is 7.14. The Balaban J connectivity index is 1.65. The van der Waals surface area contributed by atoms with Crippen molar-refractivity contribution in [2.75, 3.05) is 19.7 Å². The molecule has 0 aliphatic rings. The van der Waals surface area contributed by atoms with Crippen LogP contribution in [0.25, 0.3) is 0 Å². The van der Waals surface area contributed by atoms with E-state index in [1.54, 1.807) is 5.38 Å². The molecule has 22 heavy (non-hydrogen) atoms. The molecule has 0 bridgehead atoms. The van der Waals surface area contributed by atoms with Crippen molar-refractivity contribution >= 4 is 17.2 Å². The van der Waals surface area contributed by atoms with Crippen molar-refractivity contribution in [3.05, 3.63) is 45.9 Å². The number of carbonyl (C=O) groups is 1. The van der Waals surface area contributed by atoms with Crippen LogP contribution in [0.2, 0.25) is 0 Å². The van der Waals surface area contributed by atoms with Crippen LogP contribution in [0.5, 0.6) is 5.75 Å². The van der Waals surface area contributed by atoms with Gasteiger partial charge in [-0.05, 0) is 32.0 Å². The number of hydrogen-bond acceptors (Lipinski definition) is 5. The maximum atomic E-state index is 11.9. The maximum Gasteiger partial charge on any atom is 0.270 e. The number of nitrogens with zero attached hydrogens (tertiary/aromatic N) is 1. The smallest absolute Gasteiger partial charge is 0.270 e. The molecular formula is C16H21N3O2S. The standard InChI is InChI=1S/C16H21N3O2S/c1-12-3-5-13(6-4-12)21-10-2-9-18-16(20)14-11-22-15(19-14)7-8-17/h3-6,11H,2,7-10,17H2,1H3,(H,18,20). The minimum absolute atomic E-state index is 0.144. The van der Waals surface area contributed by atoms with Gasteiger partial charge < -0.3 is 15.8 Å². The molecule has 118 valence electrons. The summed E-state index contributed by atoms with van der Waals surface area (Å²) in [4.78, 5) is 16.1. The molecule has 1 amide bonds. The molecule has 0 spiro atoms. The second-order valence-electron chi connectivity index (χ2n) is 4.94. The van der Waals surface area contributed by atoms with Gasteiger partial charge in [0.1, 0.15) is 11.4 Å². The number of aromatic nitrogens is 1. The Morgan fingerprint density at radius 2 is 2.14 bits per heavy atom. The maximum absolute atomic E-state index is 11.9. The lowest BCUT2D eigenvalue weighted by molar-refractivity contribution is 0.0947. The van der Waals surface area contributed by atoms with E-state index in [1.807, 2.05) is 31.2 Å². The fourth-order valence-corrected chi connectivity index (χ4v) is 2.64. The lowest BCUT2D eigenvalue weighted by atomic mass is 10.2. The van der Waals surface area contributed by atoms with Crippen molar-refractivity contribution in [1.29, 1.82) is 0 Å². The third-order valence-electron chi connectivity index (χ3n) is 3.04. The quantitative estimate of drug-likeness (QED) is 0.731. The monoisotopic (exact) mass is 319 g/mol. The molecule has 1 heterocycles. The highest BCUT2D eigenvalue weighted by atomic mass is 32.1. The van der Waals surface area contributed by atoms with E-state index in [-0.39, 0.29) is 5.91 Å². The van der Waals surface area contributed by atoms with Crippen LogP contribution in [0.4, 0.5) is 0 Å². The third kappa shape index (κ3) is 5.13. The van der Waals surface area contributed by atoms with Gasteiger partial charge in [-0.1, -0.05) is 17.7 Å². The Hall–Kier alpha value is -1.92. The number of nitrogens with two attached hydrogens (primary N) is 1. The van der Waals surface area contributed by atoms with Crippen LogP contribution < -0.4 is 15.8 Å².